The highest BCUT2D eigenvalue weighted by atomic mass is 16.5. The molecule has 0 bridgehead atoms. The molecule has 0 aliphatic carbocycles. The zero-order valence-corrected chi connectivity index (χ0v) is 17.5. The topological polar surface area (TPSA) is 46.6 Å². The molecule has 4 rings (SSSR count). The molecule has 2 aliphatic heterocycles. The monoisotopic (exact) mass is 383 g/mol. The van der Waals surface area contributed by atoms with Crippen LogP contribution in [0.15, 0.2) is 12.1 Å². The Morgan fingerprint density at radius 1 is 1.25 bits per heavy atom. The summed E-state index contributed by atoms with van der Waals surface area (Å²) < 4.78 is 12.1. The maximum absolute atomic E-state index is 6.15. The summed E-state index contributed by atoms with van der Waals surface area (Å²) in [5.41, 5.74) is 4.76. The Hall–Kier alpha value is -1.85. The molecule has 5 heteroatoms. The van der Waals surface area contributed by atoms with Crippen molar-refractivity contribution in [2.75, 3.05) is 38.1 Å². The number of anilines is 1. The Morgan fingerprint density at radius 2 is 2.07 bits per heavy atom. The highest BCUT2D eigenvalue weighted by molar-refractivity contribution is 5.88. The van der Waals surface area contributed by atoms with Gasteiger partial charge in [0.2, 0.25) is 0 Å². The van der Waals surface area contributed by atoms with Gasteiger partial charge in [0.15, 0.2) is 0 Å². The van der Waals surface area contributed by atoms with Crippen LogP contribution in [0.2, 0.25) is 0 Å². The molecule has 28 heavy (non-hydrogen) atoms. The van der Waals surface area contributed by atoms with Crippen LogP contribution >= 0.6 is 0 Å². The summed E-state index contributed by atoms with van der Waals surface area (Å²) in [6, 6.07) is 4.34. The smallest absolute Gasteiger partial charge is 0.130 e. The van der Waals surface area contributed by atoms with Gasteiger partial charge in [-0.15, -0.1) is 0 Å². The van der Waals surface area contributed by atoms with Crippen molar-refractivity contribution in [3.8, 4) is 5.75 Å². The maximum atomic E-state index is 6.15. The van der Waals surface area contributed by atoms with Crippen molar-refractivity contribution >= 4 is 16.7 Å². The summed E-state index contributed by atoms with van der Waals surface area (Å²) in [6.07, 6.45) is 4.91. The van der Waals surface area contributed by atoms with E-state index in [0.717, 1.165) is 49.6 Å². The number of rotatable bonds is 7. The molecule has 1 fully saturated rings. The van der Waals surface area contributed by atoms with Crippen LogP contribution in [0, 0.1) is 6.92 Å². The summed E-state index contributed by atoms with van der Waals surface area (Å²) in [5, 5.41) is 4.65. The molecule has 0 spiro atoms. The molecule has 1 aromatic carbocycles. The second kappa shape index (κ2) is 8.66. The van der Waals surface area contributed by atoms with Gasteiger partial charge in [-0.2, -0.15) is 0 Å². The standard InChI is InChI=1S/C23H33N3O2/c1-4-24-23-19-13-17(3)28-15-20(19)18-12-16(2)22(14-21(18)25-23)27-11-7-10-26-8-5-6-9-26/h12,14,17H,4-11,13,15H2,1-3H3,(H,24,25). The second-order valence-electron chi connectivity index (χ2n) is 8.16. The Balaban J connectivity index is 1.55. The number of likely N-dealkylation sites (tertiary alicyclic amines) is 1. The van der Waals surface area contributed by atoms with Crippen LogP contribution < -0.4 is 10.1 Å². The fourth-order valence-electron chi connectivity index (χ4n) is 4.41. The lowest BCUT2D eigenvalue weighted by Gasteiger charge is -2.26. The van der Waals surface area contributed by atoms with Crippen molar-refractivity contribution in [1.29, 1.82) is 0 Å². The van der Waals surface area contributed by atoms with E-state index in [1.807, 2.05) is 0 Å². The van der Waals surface area contributed by atoms with Gasteiger partial charge in [0, 0.05) is 36.5 Å². The first-order valence-electron chi connectivity index (χ1n) is 10.8. The van der Waals surface area contributed by atoms with Crippen molar-refractivity contribution in [3.63, 3.8) is 0 Å². The number of pyridine rings is 1. The highest BCUT2D eigenvalue weighted by Crippen LogP contribution is 2.35. The minimum Gasteiger partial charge on any atom is -0.493 e. The Bertz CT molecular complexity index is 830. The predicted molar refractivity (Wildman–Crippen MR) is 114 cm³/mol. The number of hydrogen-bond donors (Lipinski definition) is 1. The molecular weight excluding hydrogens is 350 g/mol. The molecule has 152 valence electrons. The van der Waals surface area contributed by atoms with Crippen molar-refractivity contribution in [2.45, 2.75) is 59.2 Å². The molecule has 0 amide bonds. The zero-order valence-electron chi connectivity index (χ0n) is 17.5. The highest BCUT2D eigenvalue weighted by Gasteiger charge is 2.23. The first-order valence-corrected chi connectivity index (χ1v) is 10.8. The summed E-state index contributed by atoms with van der Waals surface area (Å²) in [4.78, 5) is 7.49. The van der Waals surface area contributed by atoms with Crippen LogP contribution in [0.4, 0.5) is 5.82 Å². The van der Waals surface area contributed by atoms with E-state index in [4.69, 9.17) is 14.5 Å². The molecule has 0 radical (unpaired) electrons. The predicted octanol–water partition coefficient (Wildman–Crippen LogP) is 4.30. The molecule has 2 aromatic rings. The minimum absolute atomic E-state index is 0.239. The fraction of sp³-hybridized carbons (Fsp3) is 0.609. The van der Waals surface area contributed by atoms with Crippen molar-refractivity contribution in [3.05, 3.63) is 28.8 Å². The van der Waals surface area contributed by atoms with E-state index in [0.29, 0.717) is 6.61 Å². The van der Waals surface area contributed by atoms with Crippen molar-refractivity contribution in [2.24, 2.45) is 0 Å². The van der Waals surface area contributed by atoms with Crippen LogP contribution in [-0.4, -0.2) is 48.8 Å². The first kappa shape index (κ1) is 19.5. The molecule has 1 atom stereocenters. The van der Waals surface area contributed by atoms with Crippen LogP contribution in [0.3, 0.4) is 0 Å². The third kappa shape index (κ3) is 4.11. The number of aryl methyl sites for hydroxylation is 1. The minimum atomic E-state index is 0.239. The van der Waals surface area contributed by atoms with Crippen LogP contribution in [-0.2, 0) is 17.8 Å². The average molecular weight is 384 g/mol. The van der Waals surface area contributed by atoms with E-state index >= 15 is 0 Å². The number of benzene rings is 1. The summed E-state index contributed by atoms with van der Waals surface area (Å²) in [5.74, 6) is 1.96. The normalized spacial score (nSPS) is 19.8. The van der Waals surface area contributed by atoms with Gasteiger partial charge in [0.25, 0.3) is 0 Å². The van der Waals surface area contributed by atoms with Crippen molar-refractivity contribution in [1.82, 2.24) is 9.88 Å². The second-order valence-corrected chi connectivity index (χ2v) is 8.16. The Kier molecular flexibility index (Phi) is 6.02. The van der Waals surface area contributed by atoms with Gasteiger partial charge in [0.05, 0.1) is 24.8 Å². The molecule has 2 aliphatic rings. The third-order valence-electron chi connectivity index (χ3n) is 5.92. The van der Waals surface area contributed by atoms with Gasteiger partial charge in [-0.3, -0.25) is 0 Å². The largest absolute Gasteiger partial charge is 0.493 e. The molecule has 1 unspecified atom stereocenters. The Morgan fingerprint density at radius 3 is 2.86 bits per heavy atom. The molecule has 1 aromatic heterocycles. The van der Waals surface area contributed by atoms with E-state index in [2.05, 4.69) is 43.1 Å². The average Bonchev–Trinajstić information content (AvgIpc) is 3.20. The quantitative estimate of drug-likeness (QED) is 0.722. The third-order valence-corrected chi connectivity index (χ3v) is 5.92. The molecule has 5 nitrogen and oxygen atoms in total. The first-order chi connectivity index (χ1) is 13.7. The number of nitrogens with one attached hydrogen (secondary N) is 1. The van der Waals surface area contributed by atoms with Gasteiger partial charge in [-0.1, -0.05) is 0 Å². The maximum Gasteiger partial charge on any atom is 0.130 e. The van der Waals surface area contributed by atoms with Gasteiger partial charge < -0.3 is 19.7 Å². The molecule has 0 saturated carbocycles. The van der Waals surface area contributed by atoms with Gasteiger partial charge in [0.1, 0.15) is 11.6 Å². The van der Waals surface area contributed by atoms with E-state index in [1.165, 1.54) is 48.0 Å². The summed E-state index contributed by atoms with van der Waals surface area (Å²) in [6.45, 7) is 12.3. The number of ether oxygens (including phenoxy) is 2. The number of fused-ring (bicyclic) bond motifs is 3. The molecule has 3 heterocycles. The van der Waals surface area contributed by atoms with E-state index in [1.54, 1.807) is 0 Å². The van der Waals surface area contributed by atoms with E-state index < -0.39 is 0 Å². The summed E-state index contributed by atoms with van der Waals surface area (Å²) in [7, 11) is 0. The molecular formula is C23H33N3O2. The zero-order chi connectivity index (χ0) is 19.5. The lowest BCUT2D eigenvalue weighted by molar-refractivity contribution is 0.0420. The lowest BCUT2D eigenvalue weighted by atomic mass is 9.95. The summed E-state index contributed by atoms with van der Waals surface area (Å²) >= 11 is 0. The molecule has 1 N–H and O–H groups in total. The van der Waals surface area contributed by atoms with E-state index in [9.17, 15) is 0 Å². The SMILES string of the molecule is CCNc1nc2cc(OCCCN3CCCC3)c(C)cc2c2c1CC(C)OC2. The van der Waals surface area contributed by atoms with Gasteiger partial charge >= 0.3 is 0 Å². The van der Waals surface area contributed by atoms with Gasteiger partial charge in [-0.05, 0) is 70.3 Å². The Labute approximate surface area is 168 Å². The van der Waals surface area contributed by atoms with Crippen molar-refractivity contribution < 1.29 is 9.47 Å². The number of aromatic nitrogens is 1. The number of nitrogens with zero attached hydrogens (tertiary/aromatic N) is 2. The van der Waals surface area contributed by atoms with Crippen LogP contribution in [0.5, 0.6) is 5.75 Å². The molecule has 1 saturated heterocycles. The van der Waals surface area contributed by atoms with E-state index in [-0.39, 0.29) is 6.10 Å². The number of hydrogen-bond acceptors (Lipinski definition) is 5. The van der Waals surface area contributed by atoms with Gasteiger partial charge in [-0.25, -0.2) is 4.98 Å². The van der Waals surface area contributed by atoms with Crippen LogP contribution in [0.25, 0.3) is 10.9 Å². The fourth-order valence-corrected chi connectivity index (χ4v) is 4.41. The lowest BCUT2D eigenvalue weighted by Crippen LogP contribution is -2.22. The van der Waals surface area contributed by atoms with Crippen LogP contribution in [0.1, 0.15) is 49.8 Å².